The van der Waals surface area contributed by atoms with Crippen molar-refractivity contribution in [2.45, 2.75) is 13.0 Å². The maximum atomic E-state index is 8.72. The van der Waals surface area contributed by atoms with Crippen molar-refractivity contribution in [3.63, 3.8) is 0 Å². The molecule has 1 aromatic heterocycles. The molecule has 0 unspecified atom stereocenters. The van der Waals surface area contributed by atoms with Crippen LogP contribution < -0.4 is 10.5 Å². The number of nitriles is 1. The van der Waals surface area contributed by atoms with Gasteiger partial charge in [0.1, 0.15) is 5.75 Å². The highest BCUT2D eigenvalue weighted by Gasteiger charge is 2.09. The van der Waals surface area contributed by atoms with E-state index in [0.717, 1.165) is 5.56 Å². The zero-order valence-electron chi connectivity index (χ0n) is 10.00. The first-order valence-corrected chi connectivity index (χ1v) is 5.59. The molecule has 0 amide bonds. The molecule has 0 bridgehead atoms. The fourth-order valence-electron chi connectivity index (χ4n) is 1.54. The van der Waals surface area contributed by atoms with Crippen LogP contribution in [0.1, 0.15) is 24.1 Å². The Bertz CT molecular complexity index is 570. The van der Waals surface area contributed by atoms with E-state index in [2.05, 4.69) is 11.1 Å². The van der Waals surface area contributed by atoms with Crippen LogP contribution in [0.2, 0.25) is 0 Å². The smallest absolute Gasteiger partial charge is 0.223 e. The van der Waals surface area contributed by atoms with Crippen molar-refractivity contribution >= 4 is 0 Å². The highest BCUT2D eigenvalue weighted by atomic mass is 16.5. The minimum absolute atomic E-state index is 0.146. The van der Waals surface area contributed by atoms with Crippen LogP contribution in [0.4, 0.5) is 0 Å². The first kappa shape index (κ1) is 12.1. The number of rotatable bonds is 3. The molecule has 0 aliphatic carbocycles. The van der Waals surface area contributed by atoms with Crippen molar-refractivity contribution in [3.8, 4) is 17.7 Å². The molecule has 0 saturated carbocycles. The van der Waals surface area contributed by atoms with Crippen LogP contribution >= 0.6 is 0 Å². The van der Waals surface area contributed by atoms with Gasteiger partial charge in [0, 0.05) is 17.8 Å². The molecular weight excluding hydrogens is 226 g/mol. The molecule has 1 atom stereocenters. The van der Waals surface area contributed by atoms with Crippen LogP contribution in [-0.2, 0) is 0 Å². The Morgan fingerprint density at radius 2 is 2.00 bits per heavy atom. The van der Waals surface area contributed by atoms with E-state index < -0.39 is 0 Å². The van der Waals surface area contributed by atoms with E-state index in [9.17, 15) is 0 Å². The Balaban J connectivity index is 2.26. The van der Waals surface area contributed by atoms with Crippen LogP contribution in [0.3, 0.4) is 0 Å². The van der Waals surface area contributed by atoms with Gasteiger partial charge in [-0.2, -0.15) is 5.26 Å². The van der Waals surface area contributed by atoms with Crippen molar-refractivity contribution in [1.82, 2.24) is 4.98 Å². The lowest BCUT2D eigenvalue weighted by atomic mass is 10.1. The van der Waals surface area contributed by atoms with Crippen molar-refractivity contribution in [1.29, 1.82) is 5.26 Å². The van der Waals surface area contributed by atoms with Gasteiger partial charge < -0.3 is 10.5 Å². The Labute approximate surface area is 106 Å². The first-order chi connectivity index (χ1) is 8.70. The molecule has 2 N–H and O–H groups in total. The highest BCUT2D eigenvalue weighted by Crippen LogP contribution is 2.26. The number of aromatic nitrogens is 1. The van der Waals surface area contributed by atoms with E-state index in [1.807, 2.05) is 19.1 Å². The van der Waals surface area contributed by atoms with Crippen LogP contribution in [0.25, 0.3) is 0 Å². The highest BCUT2D eigenvalue weighted by molar-refractivity contribution is 5.38. The summed E-state index contributed by atoms with van der Waals surface area (Å²) in [6.45, 7) is 1.88. The predicted molar refractivity (Wildman–Crippen MR) is 68.1 cm³/mol. The minimum Gasteiger partial charge on any atom is -0.439 e. The molecule has 2 aromatic rings. The first-order valence-electron chi connectivity index (χ1n) is 5.59. The third-order valence-corrected chi connectivity index (χ3v) is 2.49. The minimum atomic E-state index is -0.146. The maximum Gasteiger partial charge on any atom is 0.223 e. The molecule has 18 heavy (non-hydrogen) atoms. The van der Waals surface area contributed by atoms with Gasteiger partial charge in [-0.1, -0.05) is 6.07 Å². The SMILES string of the molecule is C[C@H](N)c1cccnc1Oc1ccc(C#N)cc1. The fraction of sp³-hybridized carbons (Fsp3) is 0.143. The molecule has 2 rings (SSSR count). The average Bonchev–Trinajstić information content (AvgIpc) is 2.40. The summed E-state index contributed by atoms with van der Waals surface area (Å²) >= 11 is 0. The van der Waals surface area contributed by atoms with E-state index in [1.165, 1.54) is 0 Å². The van der Waals surface area contributed by atoms with Gasteiger partial charge >= 0.3 is 0 Å². The summed E-state index contributed by atoms with van der Waals surface area (Å²) < 4.78 is 5.67. The normalized spacial score (nSPS) is 11.6. The zero-order chi connectivity index (χ0) is 13.0. The maximum absolute atomic E-state index is 8.72. The second-order valence-electron chi connectivity index (χ2n) is 3.92. The lowest BCUT2D eigenvalue weighted by molar-refractivity contribution is 0.452. The molecule has 4 heteroatoms. The van der Waals surface area contributed by atoms with Gasteiger partial charge in [0.05, 0.1) is 11.6 Å². The van der Waals surface area contributed by atoms with E-state index in [0.29, 0.717) is 17.2 Å². The second-order valence-corrected chi connectivity index (χ2v) is 3.92. The molecule has 4 nitrogen and oxygen atoms in total. The van der Waals surface area contributed by atoms with Crippen LogP contribution in [-0.4, -0.2) is 4.98 Å². The molecule has 1 aromatic carbocycles. The second kappa shape index (κ2) is 5.30. The Morgan fingerprint density at radius 1 is 1.28 bits per heavy atom. The number of nitrogens with zero attached hydrogens (tertiary/aromatic N) is 2. The molecule has 0 aliphatic heterocycles. The average molecular weight is 239 g/mol. The third kappa shape index (κ3) is 2.65. The van der Waals surface area contributed by atoms with Gasteiger partial charge in [0.2, 0.25) is 5.88 Å². The van der Waals surface area contributed by atoms with Gasteiger partial charge in [0.25, 0.3) is 0 Å². The third-order valence-electron chi connectivity index (χ3n) is 2.49. The summed E-state index contributed by atoms with van der Waals surface area (Å²) in [4.78, 5) is 4.17. The quantitative estimate of drug-likeness (QED) is 0.893. The van der Waals surface area contributed by atoms with Crippen molar-refractivity contribution in [2.24, 2.45) is 5.73 Å². The monoisotopic (exact) mass is 239 g/mol. The van der Waals surface area contributed by atoms with Crippen molar-refractivity contribution < 1.29 is 4.74 Å². The van der Waals surface area contributed by atoms with Crippen molar-refractivity contribution in [2.75, 3.05) is 0 Å². The fourth-order valence-corrected chi connectivity index (χ4v) is 1.54. The molecule has 0 aliphatic rings. The van der Waals surface area contributed by atoms with E-state index in [1.54, 1.807) is 30.5 Å². The zero-order valence-corrected chi connectivity index (χ0v) is 10.00. The standard InChI is InChI=1S/C14H13N3O/c1-10(16)13-3-2-8-17-14(13)18-12-6-4-11(9-15)5-7-12/h2-8,10H,16H2,1H3/t10-/m0/s1. The number of ether oxygens (including phenoxy) is 1. The Morgan fingerprint density at radius 3 is 2.61 bits per heavy atom. The van der Waals surface area contributed by atoms with E-state index in [4.69, 9.17) is 15.7 Å². The molecular formula is C14H13N3O. The summed E-state index contributed by atoms with van der Waals surface area (Å²) in [7, 11) is 0. The lowest BCUT2D eigenvalue weighted by Gasteiger charge is -2.11. The molecule has 0 saturated heterocycles. The number of nitrogens with two attached hydrogens (primary N) is 1. The number of hydrogen-bond acceptors (Lipinski definition) is 4. The van der Waals surface area contributed by atoms with Gasteiger partial charge in [-0.05, 0) is 37.3 Å². The van der Waals surface area contributed by atoms with Gasteiger partial charge in [-0.25, -0.2) is 4.98 Å². The number of hydrogen-bond donors (Lipinski definition) is 1. The largest absolute Gasteiger partial charge is 0.439 e. The molecule has 90 valence electrons. The Kier molecular flexibility index (Phi) is 3.56. The van der Waals surface area contributed by atoms with Crippen LogP contribution in [0.15, 0.2) is 42.6 Å². The van der Waals surface area contributed by atoms with E-state index in [-0.39, 0.29) is 6.04 Å². The van der Waals surface area contributed by atoms with Gasteiger partial charge in [-0.15, -0.1) is 0 Å². The van der Waals surface area contributed by atoms with Gasteiger partial charge in [-0.3, -0.25) is 0 Å². The van der Waals surface area contributed by atoms with Crippen LogP contribution in [0, 0.1) is 11.3 Å². The predicted octanol–water partition coefficient (Wildman–Crippen LogP) is 2.77. The summed E-state index contributed by atoms with van der Waals surface area (Å²) in [5.41, 5.74) is 7.29. The number of benzene rings is 1. The molecule has 0 spiro atoms. The number of pyridine rings is 1. The lowest BCUT2D eigenvalue weighted by Crippen LogP contribution is -2.07. The van der Waals surface area contributed by atoms with Crippen LogP contribution in [0.5, 0.6) is 11.6 Å². The molecule has 0 fully saturated rings. The molecule has 0 radical (unpaired) electrons. The summed E-state index contributed by atoms with van der Waals surface area (Å²) in [6, 6.07) is 12.5. The summed E-state index contributed by atoms with van der Waals surface area (Å²) in [6.07, 6.45) is 1.66. The summed E-state index contributed by atoms with van der Waals surface area (Å²) in [5.74, 6) is 1.13. The van der Waals surface area contributed by atoms with E-state index >= 15 is 0 Å². The summed E-state index contributed by atoms with van der Waals surface area (Å²) in [5, 5.41) is 8.72. The topological polar surface area (TPSA) is 71.9 Å². The van der Waals surface area contributed by atoms with Crippen molar-refractivity contribution in [3.05, 3.63) is 53.7 Å². The molecule has 1 heterocycles. The Hall–Kier alpha value is -2.38. The van der Waals surface area contributed by atoms with Gasteiger partial charge in [0.15, 0.2) is 0 Å².